The van der Waals surface area contributed by atoms with Crippen molar-refractivity contribution >= 4 is 33.2 Å². The number of anilines is 1. The van der Waals surface area contributed by atoms with Crippen LogP contribution in [0.5, 0.6) is 5.75 Å². The molecule has 0 bridgehead atoms. The fourth-order valence-electron chi connectivity index (χ4n) is 3.35. The van der Waals surface area contributed by atoms with Gasteiger partial charge in [-0.05, 0) is 80.4 Å². The summed E-state index contributed by atoms with van der Waals surface area (Å²) in [5.41, 5.74) is 2.18. The summed E-state index contributed by atoms with van der Waals surface area (Å²) < 4.78 is 33.4. The first kappa shape index (κ1) is 24.6. The number of amides is 1. The molecule has 0 saturated heterocycles. The number of ether oxygens (including phenoxy) is 1. The van der Waals surface area contributed by atoms with E-state index in [4.69, 9.17) is 16.3 Å². The second-order valence-corrected chi connectivity index (χ2v) is 9.89. The first-order valence-electron chi connectivity index (χ1n) is 10.6. The number of benzene rings is 3. The van der Waals surface area contributed by atoms with E-state index in [0.29, 0.717) is 17.3 Å². The van der Waals surface area contributed by atoms with Crippen LogP contribution in [-0.4, -0.2) is 27.5 Å². The molecule has 0 saturated carbocycles. The standard InChI is InChI=1S/C25H27ClN2O4S/c1-4-32-23-12-8-20(9-13-23)19(3)27-25(29)17-28(22-7-5-6-18(2)16-22)33(30,31)24-14-10-21(26)11-15-24/h5-16,19H,4,17H2,1-3H3,(H,27,29)/t19-/m1/s1. The van der Waals surface area contributed by atoms with Crippen molar-refractivity contribution in [3.05, 3.63) is 88.9 Å². The summed E-state index contributed by atoms with van der Waals surface area (Å²) in [5, 5.41) is 3.32. The van der Waals surface area contributed by atoms with E-state index in [1.165, 1.54) is 24.3 Å². The first-order valence-corrected chi connectivity index (χ1v) is 12.4. The molecule has 8 heteroatoms. The highest BCUT2D eigenvalue weighted by Crippen LogP contribution is 2.26. The molecule has 0 aliphatic heterocycles. The molecule has 0 heterocycles. The predicted octanol–water partition coefficient (Wildman–Crippen LogP) is 5.12. The van der Waals surface area contributed by atoms with Gasteiger partial charge in [0.25, 0.3) is 10.0 Å². The summed E-state index contributed by atoms with van der Waals surface area (Å²) >= 11 is 5.93. The van der Waals surface area contributed by atoms with Gasteiger partial charge in [0.1, 0.15) is 12.3 Å². The lowest BCUT2D eigenvalue weighted by atomic mass is 10.1. The predicted molar refractivity (Wildman–Crippen MR) is 131 cm³/mol. The van der Waals surface area contributed by atoms with Crippen LogP contribution < -0.4 is 14.4 Å². The molecule has 1 amide bonds. The average molecular weight is 487 g/mol. The number of hydrogen-bond acceptors (Lipinski definition) is 4. The molecule has 3 aromatic carbocycles. The van der Waals surface area contributed by atoms with E-state index in [1.54, 1.807) is 18.2 Å². The number of carbonyl (C=O) groups is 1. The van der Waals surface area contributed by atoms with Crippen LogP contribution in [0, 0.1) is 6.92 Å². The van der Waals surface area contributed by atoms with E-state index in [2.05, 4.69) is 5.32 Å². The zero-order chi connectivity index (χ0) is 24.0. The van der Waals surface area contributed by atoms with Crippen LogP contribution in [0.25, 0.3) is 0 Å². The summed E-state index contributed by atoms with van der Waals surface area (Å²) in [6.45, 7) is 5.83. The Morgan fingerprint density at radius 1 is 1.06 bits per heavy atom. The molecule has 0 unspecified atom stereocenters. The average Bonchev–Trinajstić information content (AvgIpc) is 2.78. The molecule has 1 atom stereocenters. The van der Waals surface area contributed by atoms with E-state index in [0.717, 1.165) is 21.2 Å². The Labute approximate surface area is 200 Å². The lowest BCUT2D eigenvalue weighted by Crippen LogP contribution is -2.41. The molecule has 0 radical (unpaired) electrons. The van der Waals surface area contributed by atoms with Gasteiger partial charge in [-0.15, -0.1) is 0 Å². The normalized spacial score (nSPS) is 12.1. The number of nitrogens with zero attached hydrogens (tertiary/aromatic N) is 1. The van der Waals surface area contributed by atoms with Gasteiger partial charge in [0.05, 0.1) is 23.2 Å². The van der Waals surface area contributed by atoms with E-state index in [1.807, 2.05) is 51.1 Å². The van der Waals surface area contributed by atoms with Gasteiger partial charge < -0.3 is 10.1 Å². The molecule has 0 fully saturated rings. The van der Waals surface area contributed by atoms with Gasteiger partial charge in [0.2, 0.25) is 5.91 Å². The summed E-state index contributed by atoms with van der Waals surface area (Å²) in [7, 11) is -4.00. The molecule has 0 aromatic heterocycles. The summed E-state index contributed by atoms with van der Waals surface area (Å²) in [4.78, 5) is 13.0. The minimum Gasteiger partial charge on any atom is -0.494 e. The van der Waals surface area contributed by atoms with E-state index >= 15 is 0 Å². The van der Waals surface area contributed by atoms with Crippen molar-refractivity contribution in [1.29, 1.82) is 0 Å². The molecule has 0 aliphatic rings. The second kappa shape index (κ2) is 10.7. The quantitative estimate of drug-likeness (QED) is 0.455. The minimum atomic E-state index is -4.00. The third kappa shape index (κ3) is 6.27. The Morgan fingerprint density at radius 3 is 2.33 bits per heavy atom. The van der Waals surface area contributed by atoms with Gasteiger partial charge in [-0.1, -0.05) is 35.9 Å². The highest BCUT2D eigenvalue weighted by atomic mass is 35.5. The summed E-state index contributed by atoms with van der Waals surface area (Å²) in [6.07, 6.45) is 0. The topological polar surface area (TPSA) is 75.7 Å². The molecule has 33 heavy (non-hydrogen) atoms. The molecule has 0 spiro atoms. The van der Waals surface area contributed by atoms with E-state index in [9.17, 15) is 13.2 Å². The smallest absolute Gasteiger partial charge is 0.264 e. The maximum absolute atomic E-state index is 13.4. The maximum atomic E-state index is 13.4. The molecule has 3 aromatic rings. The Balaban J connectivity index is 1.84. The number of sulfonamides is 1. The van der Waals surface area contributed by atoms with Crippen molar-refractivity contribution in [3.8, 4) is 5.75 Å². The molecular formula is C25H27ClN2O4S. The number of hydrogen-bond donors (Lipinski definition) is 1. The van der Waals surface area contributed by atoms with Crippen molar-refractivity contribution in [2.45, 2.75) is 31.7 Å². The molecule has 1 N–H and O–H groups in total. The third-order valence-electron chi connectivity index (χ3n) is 5.05. The van der Waals surface area contributed by atoms with Crippen LogP contribution >= 0.6 is 11.6 Å². The monoisotopic (exact) mass is 486 g/mol. The van der Waals surface area contributed by atoms with Crippen molar-refractivity contribution in [3.63, 3.8) is 0 Å². The lowest BCUT2D eigenvalue weighted by molar-refractivity contribution is -0.120. The highest BCUT2D eigenvalue weighted by Gasteiger charge is 2.27. The zero-order valence-corrected chi connectivity index (χ0v) is 20.4. The van der Waals surface area contributed by atoms with Crippen molar-refractivity contribution in [2.75, 3.05) is 17.5 Å². The van der Waals surface area contributed by atoms with Crippen LogP contribution in [-0.2, 0) is 14.8 Å². The molecule has 6 nitrogen and oxygen atoms in total. The summed E-state index contributed by atoms with van der Waals surface area (Å²) in [5.74, 6) is 0.329. The zero-order valence-electron chi connectivity index (χ0n) is 18.8. The Bertz CT molecular complexity index is 1200. The SMILES string of the molecule is CCOc1ccc([C@@H](C)NC(=O)CN(c2cccc(C)c2)S(=O)(=O)c2ccc(Cl)cc2)cc1. The number of halogens is 1. The van der Waals surface area contributed by atoms with Crippen LogP contribution in [0.3, 0.4) is 0 Å². The van der Waals surface area contributed by atoms with Crippen molar-refractivity contribution in [2.24, 2.45) is 0 Å². The summed E-state index contributed by atoms with van der Waals surface area (Å²) in [6, 6.07) is 20.0. The molecule has 174 valence electrons. The largest absolute Gasteiger partial charge is 0.494 e. The van der Waals surface area contributed by atoms with Gasteiger partial charge >= 0.3 is 0 Å². The Morgan fingerprint density at radius 2 is 1.73 bits per heavy atom. The first-order chi connectivity index (χ1) is 15.7. The second-order valence-electron chi connectivity index (χ2n) is 7.60. The van der Waals surface area contributed by atoms with Crippen LogP contribution in [0.2, 0.25) is 5.02 Å². The van der Waals surface area contributed by atoms with Crippen LogP contribution in [0.15, 0.2) is 77.7 Å². The number of aryl methyl sites for hydroxylation is 1. The Hall–Kier alpha value is -3.03. The van der Waals surface area contributed by atoms with Gasteiger partial charge in [0.15, 0.2) is 0 Å². The van der Waals surface area contributed by atoms with Crippen molar-refractivity contribution < 1.29 is 17.9 Å². The highest BCUT2D eigenvalue weighted by molar-refractivity contribution is 7.92. The molecule has 0 aliphatic carbocycles. The Kier molecular flexibility index (Phi) is 8.00. The van der Waals surface area contributed by atoms with Gasteiger partial charge in [-0.25, -0.2) is 8.42 Å². The maximum Gasteiger partial charge on any atom is 0.264 e. The molecular weight excluding hydrogens is 460 g/mol. The van der Waals surface area contributed by atoms with Crippen LogP contribution in [0.1, 0.15) is 31.0 Å². The number of nitrogens with one attached hydrogen (secondary N) is 1. The minimum absolute atomic E-state index is 0.0563. The van der Waals surface area contributed by atoms with E-state index < -0.39 is 15.9 Å². The number of rotatable bonds is 9. The fourth-order valence-corrected chi connectivity index (χ4v) is 4.89. The fraction of sp³-hybridized carbons (Fsp3) is 0.240. The van der Waals surface area contributed by atoms with E-state index in [-0.39, 0.29) is 17.5 Å². The van der Waals surface area contributed by atoms with Gasteiger partial charge in [-0.3, -0.25) is 9.10 Å². The van der Waals surface area contributed by atoms with Gasteiger partial charge in [-0.2, -0.15) is 0 Å². The third-order valence-corrected chi connectivity index (χ3v) is 7.09. The van der Waals surface area contributed by atoms with Crippen molar-refractivity contribution in [1.82, 2.24) is 5.32 Å². The molecule has 3 rings (SSSR count). The number of carbonyl (C=O) groups excluding carboxylic acids is 1. The van der Waals surface area contributed by atoms with Gasteiger partial charge in [0, 0.05) is 5.02 Å². The van der Waals surface area contributed by atoms with Crippen LogP contribution in [0.4, 0.5) is 5.69 Å². The lowest BCUT2D eigenvalue weighted by Gasteiger charge is -2.25.